The third kappa shape index (κ3) is 1.21. The quantitative estimate of drug-likeness (QED) is 0.660. The molecule has 2 aromatic heterocycles. The van der Waals surface area contributed by atoms with Gasteiger partial charge in [0.15, 0.2) is 0 Å². The van der Waals surface area contributed by atoms with E-state index in [1.807, 2.05) is 12.1 Å². The second kappa shape index (κ2) is 3.30. The molecule has 0 saturated carbocycles. The summed E-state index contributed by atoms with van der Waals surface area (Å²) in [6.45, 7) is 2.06. The third-order valence-corrected chi connectivity index (χ3v) is 2.90. The molecular weight excluding hydrogens is 203 g/mol. The number of pyridine rings is 1. The number of fused-ring (bicyclic) bond motifs is 3. The maximum absolute atomic E-state index is 13.1. The Morgan fingerprint density at radius 2 is 2.12 bits per heavy atom. The Morgan fingerprint density at radius 3 is 2.94 bits per heavy atom. The van der Waals surface area contributed by atoms with E-state index in [0.717, 1.165) is 33.9 Å². The first kappa shape index (κ1) is 9.33. The summed E-state index contributed by atoms with van der Waals surface area (Å²) < 4.78 is 13.1. The van der Waals surface area contributed by atoms with Crippen molar-refractivity contribution in [1.29, 1.82) is 0 Å². The number of aromatic amines is 1. The summed E-state index contributed by atoms with van der Waals surface area (Å²) >= 11 is 0. The highest BCUT2D eigenvalue weighted by Gasteiger charge is 2.08. The highest BCUT2D eigenvalue weighted by Crippen LogP contribution is 2.27. The number of nitrogens with zero attached hydrogens (tertiary/aromatic N) is 1. The van der Waals surface area contributed by atoms with Crippen LogP contribution in [0.1, 0.15) is 12.6 Å². The number of H-pyrrole nitrogens is 1. The lowest BCUT2D eigenvalue weighted by Gasteiger charge is -1.96. The SMILES string of the molecule is CCc1nccc2c1[nH]c1cc(F)ccc12. The lowest BCUT2D eigenvalue weighted by molar-refractivity contribution is 0.629. The molecule has 0 aliphatic heterocycles. The first-order valence-electron chi connectivity index (χ1n) is 5.34. The monoisotopic (exact) mass is 214 g/mol. The van der Waals surface area contributed by atoms with Gasteiger partial charge in [-0.15, -0.1) is 0 Å². The highest BCUT2D eigenvalue weighted by atomic mass is 19.1. The van der Waals surface area contributed by atoms with Crippen molar-refractivity contribution >= 4 is 21.8 Å². The van der Waals surface area contributed by atoms with Crippen LogP contribution in [0.2, 0.25) is 0 Å². The summed E-state index contributed by atoms with van der Waals surface area (Å²) in [6.07, 6.45) is 2.67. The van der Waals surface area contributed by atoms with Gasteiger partial charge in [0, 0.05) is 22.5 Å². The zero-order valence-electron chi connectivity index (χ0n) is 8.92. The van der Waals surface area contributed by atoms with Gasteiger partial charge in [-0.3, -0.25) is 4.98 Å². The van der Waals surface area contributed by atoms with Gasteiger partial charge in [0.05, 0.1) is 11.2 Å². The Morgan fingerprint density at radius 1 is 1.25 bits per heavy atom. The first-order valence-corrected chi connectivity index (χ1v) is 5.34. The number of hydrogen-bond acceptors (Lipinski definition) is 1. The van der Waals surface area contributed by atoms with Crippen LogP contribution in [0, 0.1) is 5.82 Å². The van der Waals surface area contributed by atoms with Crippen LogP contribution in [0.15, 0.2) is 30.5 Å². The van der Waals surface area contributed by atoms with E-state index in [2.05, 4.69) is 16.9 Å². The number of rotatable bonds is 1. The van der Waals surface area contributed by atoms with Gasteiger partial charge in [0.2, 0.25) is 0 Å². The van der Waals surface area contributed by atoms with Crippen LogP contribution in [0.5, 0.6) is 0 Å². The molecule has 2 nitrogen and oxygen atoms in total. The van der Waals surface area contributed by atoms with Gasteiger partial charge in [0.25, 0.3) is 0 Å². The fourth-order valence-electron chi connectivity index (χ4n) is 2.13. The van der Waals surface area contributed by atoms with E-state index in [-0.39, 0.29) is 5.82 Å². The molecule has 1 N–H and O–H groups in total. The smallest absolute Gasteiger partial charge is 0.125 e. The van der Waals surface area contributed by atoms with Crippen molar-refractivity contribution in [3.05, 3.63) is 42.0 Å². The highest BCUT2D eigenvalue weighted by molar-refractivity contribution is 6.07. The van der Waals surface area contributed by atoms with E-state index in [9.17, 15) is 4.39 Å². The normalized spacial score (nSPS) is 11.4. The Balaban J connectivity index is 2.49. The predicted octanol–water partition coefficient (Wildman–Crippen LogP) is 3.42. The summed E-state index contributed by atoms with van der Waals surface area (Å²) in [7, 11) is 0. The number of aryl methyl sites for hydroxylation is 1. The second-order valence-electron chi connectivity index (χ2n) is 3.85. The third-order valence-electron chi connectivity index (χ3n) is 2.90. The zero-order valence-corrected chi connectivity index (χ0v) is 8.92. The molecule has 1 aromatic carbocycles. The average molecular weight is 214 g/mol. The van der Waals surface area contributed by atoms with Crippen LogP contribution in [-0.4, -0.2) is 9.97 Å². The van der Waals surface area contributed by atoms with Gasteiger partial charge < -0.3 is 4.98 Å². The zero-order chi connectivity index (χ0) is 11.1. The topological polar surface area (TPSA) is 28.7 Å². The fraction of sp³-hybridized carbons (Fsp3) is 0.154. The molecule has 3 aromatic rings. The van der Waals surface area contributed by atoms with Crippen molar-refractivity contribution in [3.8, 4) is 0 Å². The van der Waals surface area contributed by atoms with Crippen molar-refractivity contribution in [2.75, 3.05) is 0 Å². The van der Waals surface area contributed by atoms with Crippen molar-refractivity contribution < 1.29 is 4.39 Å². The second-order valence-corrected chi connectivity index (χ2v) is 3.85. The summed E-state index contributed by atoms with van der Waals surface area (Å²) in [6, 6.07) is 6.78. The van der Waals surface area contributed by atoms with E-state index in [0.29, 0.717) is 0 Å². The molecule has 0 saturated heterocycles. The molecule has 0 aliphatic carbocycles. The minimum Gasteiger partial charge on any atom is -0.353 e. The molecule has 0 atom stereocenters. The lowest BCUT2D eigenvalue weighted by atomic mass is 10.1. The minimum absolute atomic E-state index is 0.218. The summed E-state index contributed by atoms with van der Waals surface area (Å²) in [5.41, 5.74) is 2.87. The average Bonchev–Trinajstić information content (AvgIpc) is 2.65. The largest absolute Gasteiger partial charge is 0.353 e. The molecule has 0 fully saturated rings. The lowest BCUT2D eigenvalue weighted by Crippen LogP contribution is -1.86. The van der Waals surface area contributed by atoms with Crippen molar-refractivity contribution in [1.82, 2.24) is 9.97 Å². The van der Waals surface area contributed by atoms with Gasteiger partial charge in [-0.05, 0) is 30.7 Å². The summed E-state index contributed by atoms with van der Waals surface area (Å²) in [4.78, 5) is 7.55. The van der Waals surface area contributed by atoms with Crippen LogP contribution in [0.3, 0.4) is 0 Å². The van der Waals surface area contributed by atoms with E-state index in [4.69, 9.17) is 0 Å². The summed E-state index contributed by atoms with van der Waals surface area (Å²) in [5, 5.41) is 2.16. The first-order chi connectivity index (χ1) is 7.79. The van der Waals surface area contributed by atoms with Crippen LogP contribution < -0.4 is 0 Å². The van der Waals surface area contributed by atoms with Gasteiger partial charge in [-0.25, -0.2) is 4.39 Å². The molecule has 0 spiro atoms. The van der Waals surface area contributed by atoms with E-state index in [1.165, 1.54) is 12.1 Å². The molecule has 0 amide bonds. The number of benzene rings is 1. The molecule has 0 radical (unpaired) electrons. The van der Waals surface area contributed by atoms with Gasteiger partial charge in [0.1, 0.15) is 5.82 Å². The Bertz CT molecular complexity index is 670. The van der Waals surface area contributed by atoms with Gasteiger partial charge >= 0.3 is 0 Å². The molecule has 2 heterocycles. The van der Waals surface area contributed by atoms with Crippen molar-refractivity contribution in [2.45, 2.75) is 13.3 Å². The maximum Gasteiger partial charge on any atom is 0.125 e. The van der Waals surface area contributed by atoms with E-state index < -0.39 is 0 Å². The molecule has 16 heavy (non-hydrogen) atoms. The summed E-state index contributed by atoms with van der Waals surface area (Å²) in [5.74, 6) is -0.218. The predicted molar refractivity (Wildman–Crippen MR) is 62.9 cm³/mol. The van der Waals surface area contributed by atoms with Crippen molar-refractivity contribution in [2.24, 2.45) is 0 Å². The van der Waals surface area contributed by atoms with Crippen LogP contribution in [0.4, 0.5) is 4.39 Å². The van der Waals surface area contributed by atoms with Gasteiger partial charge in [-0.1, -0.05) is 6.92 Å². The number of nitrogens with one attached hydrogen (secondary N) is 1. The Hall–Kier alpha value is -1.90. The van der Waals surface area contributed by atoms with Crippen LogP contribution in [-0.2, 0) is 6.42 Å². The van der Waals surface area contributed by atoms with E-state index >= 15 is 0 Å². The molecule has 3 rings (SSSR count). The standard InChI is InChI=1S/C13H11FN2/c1-2-11-13-10(5-6-15-11)9-4-3-8(14)7-12(9)16-13/h3-7,16H,2H2,1H3. The van der Waals surface area contributed by atoms with E-state index in [1.54, 1.807) is 6.20 Å². The Labute approximate surface area is 92.1 Å². The van der Waals surface area contributed by atoms with Crippen molar-refractivity contribution in [3.63, 3.8) is 0 Å². The fourth-order valence-corrected chi connectivity index (χ4v) is 2.13. The van der Waals surface area contributed by atoms with Crippen LogP contribution >= 0.6 is 0 Å². The minimum atomic E-state index is -0.218. The molecule has 0 bridgehead atoms. The molecule has 0 aliphatic rings. The van der Waals surface area contributed by atoms with Crippen LogP contribution in [0.25, 0.3) is 21.8 Å². The van der Waals surface area contributed by atoms with Gasteiger partial charge in [-0.2, -0.15) is 0 Å². The maximum atomic E-state index is 13.1. The molecule has 80 valence electrons. The number of halogens is 1. The number of hydrogen-bond donors (Lipinski definition) is 1. The Kier molecular flexibility index (Phi) is 1.93. The molecule has 3 heteroatoms. The number of aromatic nitrogens is 2. The molecule has 0 unspecified atom stereocenters. The molecular formula is C13H11FN2.